The number of rotatable bonds is 5. The van der Waals surface area contributed by atoms with Crippen molar-refractivity contribution < 1.29 is 9.84 Å². The van der Waals surface area contributed by atoms with Crippen molar-refractivity contribution in [1.82, 2.24) is 9.80 Å². The SMILES string of the molecule is CC(C)(O)CN1CCN(CC2(CN)CCOC2)CC1. The fraction of sp³-hybridized carbons (Fsp3) is 1.00. The van der Waals surface area contributed by atoms with E-state index in [0.29, 0.717) is 0 Å². The van der Waals surface area contributed by atoms with Crippen LogP contribution in [-0.4, -0.2) is 79.5 Å². The fourth-order valence-electron chi connectivity index (χ4n) is 3.13. The van der Waals surface area contributed by atoms with Gasteiger partial charge in [0, 0.05) is 57.8 Å². The third-order valence-corrected chi connectivity index (χ3v) is 4.25. The first-order chi connectivity index (χ1) is 8.92. The van der Waals surface area contributed by atoms with Crippen molar-refractivity contribution in [2.75, 3.05) is 59.0 Å². The summed E-state index contributed by atoms with van der Waals surface area (Å²) in [4.78, 5) is 4.85. The predicted molar refractivity (Wildman–Crippen MR) is 76.1 cm³/mol. The van der Waals surface area contributed by atoms with Crippen molar-refractivity contribution in [1.29, 1.82) is 0 Å². The molecule has 19 heavy (non-hydrogen) atoms. The second-order valence-electron chi connectivity index (χ2n) is 6.87. The lowest BCUT2D eigenvalue weighted by Crippen LogP contribution is -2.53. The first-order valence-electron chi connectivity index (χ1n) is 7.37. The van der Waals surface area contributed by atoms with Gasteiger partial charge in [0.15, 0.2) is 0 Å². The van der Waals surface area contributed by atoms with Gasteiger partial charge in [-0.1, -0.05) is 0 Å². The first kappa shape index (κ1) is 15.2. The number of nitrogens with two attached hydrogens (primary N) is 1. The molecular weight excluding hydrogens is 242 g/mol. The van der Waals surface area contributed by atoms with Crippen LogP contribution in [0.4, 0.5) is 0 Å². The summed E-state index contributed by atoms with van der Waals surface area (Å²) in [6.07, 6.45) is 1.09. The lowest BCUT2D eigenvalue weighted by atomic mass is 9.86. The van der Waals surface area contributed by atoms with Crippen molar-refractivity contribution in [2.45, 2.75) is 25.9 Å². The summed E-state index contributed by atoms with van der Waals surface area (Å²) in [6, 6.07) is 0. The zero-order valence-electron chi connectivity index (χ0n) is 12.4. The largest absolute Gasteiger partial charge is 0.389 e. The Morgan fingerprint density at radius 1 is 1.21 bits per heavy atom. The summed E-state index contributed by atoms with van der Waals surface area (Å²) in [5.41, 5.74) is 5.53. The van der Waals surface area contributed by atoms with Crippen LogP contribution >= 0.6 is 0 Å². The highest BCUT2D eigenvalue weighted by atomic mass is 16.5. The highest BCUT2D eigenvalue weighted by Gasteiger charge is 2.36. The molecule has 0 bridgehead atoms. The Morgan fingerprint density at radius 3 is 2.32 bits per heavy atom. The van der Waals surface area contributed by atoms with Crippen LogP contribution in [0, 0.1) is 5.41 Å². The van der Waals surface area contributed by atoms with Crippen molar-refractivity contribution in [2.24, 2.45) is 11.1 Å². The molecule has 2 saturated heterocycles. The van der Waals surface area contributed by atoms with E-state index in [4.69, 9.17) is 10.5 Å². The molecule has 1 unspecified atom stereocenters. The molecule has 1 atom stereocenters. The van der Waals surface area contributed by atoms with Gasteiger partial charge < -0.3 is 20.5 Å². The Morgan fingerprint density at radius 2 is 1.84 bits per heavy atom. The molecule has 0 saturated carbocycles. The van der Waals surface area contributed by atoms with Gasteiger partial charge in [-0.2, -0.15) is 0 Å². The molecule has 2 aliphatic heterocycles. The van der Waals surface area contributed by atoms with Crippen LogP contribution in [0.15, 0.2) is 0 Å². The highest BCUT2D eigenvalue weighted by Crippen LogP contribution is 2.28. The van der Waals surface area contributed by atoms with Gasteiger partial charge >= 0.3 is 0 Å². The van der Waals surface area contributed by atoms with Crippen LogP contribution in [0.2, 0.25) is 0 Å². The first-order valence-corrected chi connectivity index (χ1v) is 7.37. The van der Waals surface area contributed by atoms with E-state index in [2.05, 4.69) is 9.80 Å². The number of hydrogen-bond donors (Lipinski definition) is 2. The third kappa shape index (κ3) is 4.39. The van der Waals surface area contributed by atoms with E-state index in [1.54, 1.807) is 0 Å². The zero-order chi connectivity index (χ0) is 13.9. The Labute approximate surface area is 116 Å². The minimum atomic E-state index is -0.597. The summed E-state index contributed by atoms with van der Waals surface area (Å²) < 4.78 is 5.53. The van der Waals surface area contributed by atoms with Gasteiger partial charge in [0.2, 0.25) is 0 Å². The van der Waals surface area contributed by atoms with E-state index in [-0.39, 0.29) is 5.41 Å². The molecular formula is C14H29N3O2. The normalized spacial score (nSPS) is 30.9. The predicted octanol–water partition coefficient (Wildman–Crippen LogP) is -0.260. The van der Waals surface area contributed by atoms with Gasteiger partial charge in [-0.3, -0.25) is 4.90 Å². The minimum absolute atomic E-state index is 0.179. The average molecular weight is 271 g/mol. The molecule has 0 aliphatic carbocycles. The van der Waals surface area contributed by atoms with E-state index in [1.807, 2.05) is 13.8 Å². The van der Waals surface area contributed by atoms with Crippen LogP contribution in [0.3, 0.4) is 0 Å². The maximum Gasteiger partial charge on any atom is 0.0718 e. The molecule has 2 aliphatic rings. The molecule has 0 amide bonds. The van der Waals surface area contributed by atoms with Crippen molar-refractivity contribution >= 4 is 0 Å². The van der Waals surface area contributed by atoms with E-state index < -0.39 is 5.60 Å². The highest BCUT2D eigenvalue weighted by molar-refractivity contribution is 4.89. The maximum absolute atomic E-state index is 9.86. The van der Waals surface area contributed by atoms with Crippen LogP contribution < -0.4 is 5.73 Å². The number of piperazine rings is 1. The fourth-order valence-corrected chi connectivity index (χ4v) is 3.13. The van der Waals surface area contributed by atoms with Crippen molar-refractivity contribution in [3.8, 4) is 0 Å². The summed E-state index contributed by atoms with van der Waals surface area (Å²) in [6.45, 7) is 12.1. The molecule has 2 heterocycles. The standard InChI is InChI=1S/C14H29N3O2/c1-13(2,18)10-16-4-6-17(7-5-16)11-14(9-15)3-8-19-12-14/h18H,3-12,15H2,1-2H3. The quantitative estimate of drug-likeness (QED) is 0.721. The van der Waals surface area contributed by atoms with Gasteiger partial charge in [0.05, 0.1) is 12.2 Å². The summed E-state index contributed by atoms with van der Waals surface area (Å²) in [5, 5.41) is 9.86. The Hall–Kier alpha value is -0.200. The van der Waals surface area contributed by atoms with Crippen LogP contribution in [-0.2, 0) is 4.74 Å². The number of nitrogens with zero attached hydrogens (tertiary/aromatic N) is 2. The van der Waals surface area contributed by atoms with Gasteiger partial charge in [-0.15, -0.1) is 0 Å². The minimum Gasteiger partial charge on any atom is -0.389 e. The van der Waals surface area contributed by atoms with Crippen LogP contribution in [0.25, 0.3) is 0 Å². The van der Waals surface area contributed by atoms with Crippen molar-refractivity contribution in [3.63, 3.8) is 0 Å². The average Bonchev–Trinajstić information content (AvgIpc) is 2.79. The lowest BCUT2D eigenvalue weighted by Gasteiger charge is -2.40. The summed E-state index contributed by atoms with van der Waals surface area (Å²) in [7, 11) is 0. The number of ether oxygens (including phenoxy) is 1. The zero-order valence-corrected chi connectivity index (χ0v) is 12.4. The number of aliphatic hydroxyl groups is 1. The molecule has 5 nitrogen and oxygen atoms in total. The molecule has 0 aromatic rings. The molecule has 0 aromatic carbocycles. The third-order valence-electron chi connectivity index (χ3n) is 4.25. The number of β-amino-alcohol motifs (C(OH)–C–C–N with tert-alkyl or cyclic N) is 1. The Bertz CT molecular complexity index is 277. The molecule has 3 N–H and O–H groups in total. The Balaban J connectivity index is 1.77. The van der Waals surface area contributed by atoms with E-state index in [0.717, 1.165) is 65.4 Å². The molecule has 112 valence electrons. The second kappa shape index (κ2) is 6.06. The van der Waals surface area contributed by atoms with Gasteiger partial charge in [-0.25, -0.2) is 0 Å². The smallest absolute Gasteiger partial charge is 0.0718 e. The Kier molecular flexibility index (Phi) is 4.84. The molecule has 0 radical (unpaired) electrons. The monoisotopic (exact) mass is 271 g/mol. The maximum atomic E-state index is 9.86. The summed E-state index contributed by atoms with van der Waals surface area (Å²) in [5.74, 6) is 0. The summed E-state index contributed by atoms with van der Waals surface area (Å²) >= 11 is 0. The van der Waals surface area contributed by atoms with Gasteiger partial charge in [0.1, 0.15) is 0 Å². The molecule has 0 aromatic heterocycles. The molecule has 5 heteroatoms. The van der Waals surface area contributed by atoms with E-state index >= 15 is 0 Å². The molecule has 0 spiro atoms. The van der Waals surface area contributed by atoms with Crippen molar-refractivity contribution in [3.05, 3.63) is 0 Å². The van der Waals surface area contributed by atoms with Gasteiger partial charge in [0.25, 0.3) is 0 Å². The molecule has 2 fully saturated rings. The lowest BCUT2D eigenvalue weighted by molar-refractivity contribution is 0.0102. The van der Waals surface area contributed by atoms with E-state index in [9.17, 15) is 5.11 Å². The van der Waals surface area contributed by atoms with Crippen LogP contribution in [0.1, 0.15) is 20.3 Å². The molecule has 2 rings (SSSR count). The van der Waals surface area contributed by atoms with Crippen LogP contribution in [0.5, 0.6) is 0 Å². The topological polar surface area (TPSA) is 62.0 Å². The second-order valence-corrected chi connectivity index (χ2v) is 6.87. The van der Waals surface area contributed by atoms with E-state index in [1.165, 1.54) is 0 Å². The van der Waals surface area contributed by atoms with Gasteiger partial charge in [-0.05, 0) is 20.3 Å². The number of hydrogen-bond acceptors (Lipinski definition) is 5.